The van der Waals surface area contributed by atoms with Crippen molar-refractivity contribution in [2.45, 2.75) is 37.8 Å². The zero-order valence-corrected chi connectivity index (χ0v) is 18.3. The number of rotatable bonds is 5. The number of nitrogens with zero attached hydrogens (tertiary/aromatic N) is 2. The van der Waals surface area contributed by atoms with E-state index in [2.05, 4.69) is 52.8 Å². The second kappa shape index (κ2) is 8.00. The molecule has 4 aromatic rings. The van der Waals surface area contributed by atoms with E-state index in [4.69, 9.17) is 4.42 Å². The Kier molecular flexibility index (Phi) is 5.43. The molecular weight excluding hydrogens is 402 g/mol. The molecule has 5 nitrogen and oxygen atoms in total. The van der Waals surface area contributed by atoms with E-state index >= 15 is 0 Å². The highest BCUT2D eigenvalue weighted by molar-refractivity contribution is 8.00. The lowest BCUT2D eigenvalue weighted by Crippen LogP contribution is -2.11. The molecule has 0 saturated carbocycles. The van der Waals surface area contributed by atoms with Crippen molar-refractivity contribution in [1.29, 1.82) is 0 Å². The lowest BCUT2D eigenvalue weighted by molar-refractivity contribution is 0.0998. The van der Waals surface area contributed by atoms with Crippen LogP contribution in [0.15, 0.2) is 45.2 Å². The fourth-order valence-electron chi connectivity index (χ4n) is 3.31. The number of amides is 1. The Labute approximate surface area is 177 Å². The van der Waals surface area contributed by atoms with Gasteiger partial charge in [-0.15, -0.1) is 10.2 Å². The first-order chi connectivity index (χ1) is 13.9. The monoisotopic (exact) mass is 423 g/mol. The molecule has 4 rings (SSSR count). The second-order valence-corrected chi connectivity index (χ2v) is 9.31. The fourth-order valence-corrected chi connectivity index (χ4v) is 5.01. The van der Waals surface area contributed by atoms with E-state index in [9.17, 15) is 4.79 Å². The average molecular weight is 424 g/mol. The summed E-state index contributed by atoms with van der Waals surface area (Å²) >= 11 is 2.97. The number of furan rings is 1. The molecule has 0 atom stereocenters. The van der Waals surface area contributed by atoms with E-state index in [1.54, 1.807) is 11.8 Å². The average Bonchev–Trinajstić information content (AvgIpc) is 3.25. The topological polar surface area (TPSA) is 68.0 Å². The third kappa shape index (κ3) is 4.21. The minimum Gasteiger partial charge on any atom is -0.451 e. The van der Waals surface area contributed by atoms with Gasteiger partial charge in [0.15, 0.2) is 10.1 Å². The molecule has 2 heterocycles. The first-order valence-corrected chi connectivity index (χ1v) is 11.0. The number of carbonyl (C=O) groups is 1. The maximum Gasteiger partial charge on any atom is 0.293 e. The third-order valence-corrected chi connectivity index (χ3v) is 6.73. The van der Waals surface area contributed by atoms with Gasteiger partial charge in [-0.05, 0) is 50.5 Å². The summed E-state index contributed by atoms with van der Waals surface area (Å²) in [6, 6.07) is 12.5. The van der Waals surface area contributed by atoms with E-state index in [1.807, 2.05) is 26.8 Å². The number of nitrogens with one attached hydrogen (secondary N) is 1. The number of anilines is 1. The van der Waals surface area contributed by atoms with Crippen molar-refractivity contribution in [3.8, 4) is 0 Å². The molecule has 0 aliphatic rings. The number of benzene rings is 2. The SMILES string of the molecule is Cc1ccc(CSc2nnc(NC(=O)c3oc4cc(C)cc(C)c4c3C)s2)cc1. The summed E-state index contributed by atoms with van der Waals surface area (Å²) in [6.07, 6.45) is 0. The Morgan fingerprint density at radius 3 is 2.59 bits per heavy atom. The summed E-state index contributed by atoms with van der Waals surface area (Å²) < 4.78 is 6.67. The van der Waals surface area contributed by atoms with Crippen molar-refractivity contribution in [2.24, 2.45) is 0 Å². The smallest absolute Gasteiger partial charge is 0.293 e. The summed E-state index contributed by atoms with van der Waals surface area (Å²) in [7, 11) is 0. The van der Waals surface area contributed by atoms with E-state index < -0.39 is 0 Å². The predicted molar refractivity (Wildman–Crippen MR) is 119 cm³/mol. The first-order valence-electron chi connectivity index (χ1n) is 9.24. The van der Waals surface area contributed by atoms with Crippen molar-refractivity contribution in [2.75, 3.05) is 5.32 Å². The van der Waals surface area contributed by atoms with Crippen molar-refractivity contribution < 1.29 is 9.21 Å². The van der Waals surface area contributed by atoms with E-state index in [0.717, 1.165) is 37.8 Å². The number of aryl methyl sites for hydroxylation is 4. The molecule has 2 aromatic heterocycles. The summed E-state index contributed by atoms with van der Waals surface area (Å²) in [6.45, 7) is 8.03. The predicted octanol–water partition coefficient (Wildman–Crippen LogP) is 6.06. The summed E-state index contributed by atoms with van der Waals surface area (Å²) in [5, 5.41) is 12.5. The molecule has 148 valence electrons. The second-order valence-electron chi connectivity index (χ2n) is 7.11. The molecule has 1 amide bonds. The highest BCUT2D eigenvalue weighted by Crippen LogP contribution is 2.31. The molecule has 0 radical (unpaired) electrons. The van der Waals surface area contributed by atoms with Gasteiger partial charge in [-0.2, -0.15) is 0 Å². The molecule has 0 aliphatic carbocycles. The highest BCUT2D eigenvalue weighted by Gasteiger charge is 2.20. The number of hydrogen-bond donors (Lipinski definition) is 1. The number of hydrogen-bond acceptors (Lipinski definition) is 6. The van der Waals surface area contributed by atoms with Gasteiger partial charge in [0.25, 0.3) is 5.91 Å². The first kappa shape index (κ1) is 19.7. The number of thioether (sulfide) groups is 1. The normalized spacial score (nSPS) is 11.2. The van der Waals surface area contributed by atoms with Crippen LogP contribution < -0.4 is 5.32 Å². The summed E-state index contributed by atoms with van der Waals surface area (Å²) in [5.41, 5.74) is 6.25. The molecule has 0 aliphatic heterocycles. The van der Waals surface area contributed by atoms with Crippen molar-refractivity contribution in [3.05, 3.63) is 70.0 Å². The zero-order chi connectivity index (χ0) is 20.5. The van der Waals surface area contributed by atoms with E-state index in [1.165, 1.54) is 22.5 Å². The standard InChI is InChI=1S/C22H21N3O2S2/c1-12-5-7-16(8-6-12)11-28-22-25-24-21(29-22)23-20(26)19-15(4)18-14(3)9-13(2)10-17(18)27-19/h5-10H,11H2,1-4H3,(H,23,24,26). The number of aromatic nitrogens is 2. The van der Waals surface area contributed by atoms with Crippen LogP contribution in [0.2, 0.25) is 0 Å². The fraction of sp³-hybridized carbons (Fsp3) is 0.227. The Balaban J connectivity index is 1.46. The van der Waals surface area contributed by atoms with Crippen LogP contribution in [-0.4, -0.2) is 16.1 Å². The van der Waals surface area contributed by atoms with Crippen molar-refractivity contribution >= 4 is 45.1 Å². The Bertz CT molecular complexity index is 1190. The molecule has 29 heavy (non-hydrogen) atoms. The molecule has 0 bridgehead atoms. The lowest BCUT2D eigenvalue weighted by Gasteiger charge is -2.00. The molecule has 7 heteroatoms. The van der Waals surface area contributed by atoms with Crippen LogP contribution in [0.4, 0.5) is 5.13 Å². The van der Waals surface area contributed by atoms with Gasteiger partial charge in [0.2, 0.25) is 5.13 Å². The van der Waals surface area contributed by atoms with Crippen LogP contribution >= 0.6 is 23.1 Å². The molecule has 2 aromatic carbocycles. The van der Waals surface area contributed by atoms with Crippen LogP contribution in [0, 0.1) is 27.7 Å². The Morgan fingerprint density at radius 1 is 1.07 bits per heavy atom. The van der Waals surface area contributed by atoms with Gasteiger partial charge in [-0.3, -0.25) is 10.1 Å². The van der Waals surface area contributed by atoms with Crippen LogP contribution in [-0.2, 0) is 5.75 Å². The van der Waals surface area contributed by atoms with Crippen LogP contribution in [0.25, 0.3) is 11.0 Å². The van der Waals surface area contributed by atoms with E-state index in [-0.39, 0.29) is 5.91 Å². The summed E-state index contributed by atoms with van der Waals surface area (Å²) in [4.78, 5) is 12.7. The molecule has 0 saturated heterocycles. The van der Waals surface area contributed by atoms with Gasteiger partial charge >= 0.3 is 0 Å². The zero-order valence-electron chi connectivity index (χ0n) is 16.7. The molecule has 0 unspecified atom stereocenters. The van der Waals surface area contributed by atoms with Crippen molar-refractivity contribution in [1.82, 2.24) is 10.2 Å². The maximum absolute atomic E-state index is 12.7. The van der Waals surface area contributed by atoms with E-state index in [0.29, 0.717) is 10.9 Å². The largest absolute Gasteiger partial charge is 0.451 e. The Hall–Kier alpha value is -2.64. The van der Waals surface area contributed by atoms with Gasteiger partial charge in [-0.25, -0.2) is 0 Å². The Morgan fingerprint density at radius 2 is 1.83 bits per heavy atom. The highest BCUT2D eigenvalue weighted by atomic mass is 32.2. The quantitative estimate of drug-likeness (QED) is 0.312. The van der Waals surface area contributed by atoms with Gasteiger partial charge < -0.3 is 4.42 Å². The van der Waals surface area contributed by atoms with Crippen molar-refractivity contribution in [3.63, 3.8) is 0 Å². The molecular formula is C22H21N3O2S2. The number of carbonyl (C=O) groups excluding carboxylic acids is 1. The minimum atomic E-state index is -0.304. The van der Waals surface area contributed by atoms with Gasteiger partial charge in [0, 0.05) is 16.7 Å². The molecule has 1 N–H and O–H groups in total. The van der Waals surface area contributed by atoms with Gasteiger partial charge in [-0.1, -0.05) is 59.0 Å². The van der Waals surface area contributed by atoms with Crippen LogP contribution in [0.1, 0.15) is 38.4 Å². The minimum absolute atomic E-state index is 0.304. The third-order valence-electron chi connectivity index (χ3n) is 4.69. The van der Waals surface area contributed by atoms with Gasteiger partial charge in [0.1, 0.15) is 5.58 Å². The van der Waals surface area contributed by atoms with Crippen LogP contribution in [0.3, 0.4) is 0 Å². The molecule has 0 spiro atoms. The molecule has 0 fully saturated rings. The summed E-state index contributed by atoms with van der Waals surface area (Å²) in [5.74, 6) is 0.823. The van der Waals surface area contributed by atoms with Crippen LogP contribution in [0.5, 0.6) is 0 Å². The van der Waals surface area contributed by atoms with Gasteiger partial charge in [0.05, 0.1) is 0 Å². The maximum atomic E-state index is 12.7. The number of fused-ring (bicyclic) bond motifs is 1. The lowest BCUT2D eigenvalue weighted by atomic mass is 10.0.